The maximum atomic E-state index is 12.9. The molecule has 1 aromatic carbocycles. The topological polar surface area (TPSA) is 44.7 Å². The lowest BCUT2D eigenvalue weighted by Gasteiger charge is -2.35. The van der Waals surface area contributed by atoms with Crippen molar-refractivity contribution in [3.05, 3.63) is 23.8 Å². The number of alkyl halides is 1. The van der Waals surface area contributed by atoms with Gasteiger partial charge in [0.2, 0.25) is 0 Å². The Kier molecular flexibility index (Phi) is 7.78. The van der Waals surface area contributed by atoms with Crippen molar-refractivity contribution in [2.75, 3.05) is 39.5 Å². The predicted octanol–water partition coefficient (Wildman–Crippen LogP) is 2.52. The Morgan fingerprint density at radius 1 is 1.38 bits per heavy atom. The first-order valence-electron chi connectivity index (χ1n) is 7.23. The summed E-state index contributed by atoms with van der Waals surface area (Å²) in [5, 5.41) is 13.6. The zero-order chi connectivity index (χ0) is 14.4. The van der Waals surface area contributed by atoms with Gasteiger partial charge in [-0.3, -0.25) is 9.29 Å². The molecular formula is C15H24ClFN2O2. The standard InChI is InChI=1S/C15H23FN2O2.ClH/c1-2-20-14-5-3-4-12(15(14)19)13(6-7-16)18-10-8-17-9-11-18;/h3-5,13,17,19H,2,6-11H2,1H3;1H/t13-;/m1./s1. The van der Waals surface area contributed by atoms with Crippen LogP contribution in [0.25, 0.3) is 0 Å². The quantitative estimate of drug-likeness (QED) is 0.846. The van der Waals surface area contributed by atoms with Crippen molar-refractivity contribution < 1.29 is 14.2 Å². The molecule has 2 rings (SSSR count). The zero-order valence-electron chi connectivity index (χ0n) is 12.3. The lowest BCUT2D eigenvalue weighted by Crippen LogP contribution is -2.45. The number of halogens is 2. The molecule has 0 saturated carbocycles. The van der Waals surface area contributed by atoms with Crippen molar-refractivity contribution in [3.8, 4) is 11.5 Å². The summed E-state index contributed by atoms with van der Waals surface area (Å²) in [4.78, 5) is 2.22. The second-order valence-corrected chi connectivity index (χ2v) is 4.91. The third-order valence-corrected chi connectivity index (χ3v) is 3.66. The third-order valence-electron chi connectivity index (χ3n) is 3.66. The van der Waals surface area contributed by atoms with Crippen LogP contribution in [-0.4, -0.2) is 49.5 Å². The molecule has 6 heteroatoms. The molecule has 1 saturated heterocycles. The van der Waals surface area contributed by atoms with Gasteiger partial charge in [-0.25, -0.2) is 0 Å². The molecule has 0 aromatic heterocycles. The first-order chi connectivity index (χ1) is 9.77. The lowest BCUT2D eigenvalue weighted by molar-refractivity contribution is 0.154. The number of rotatable bonds is 6. The van der Waals surface area contributed by atoms with E-state index in [-0.39, 0.29) is 24.2 Å². The summed E-state index contributed by atoms with van der Waals surface area (Å²) in [5.74, 6) is 0.621. The molecule has 0 amide bonds. The largest absolute Gasteiger partial charge is 0.504 e. The molecule has 0 bridgehead atoms. The molecule has 120 valence electrons. The van der Waals surface area contributed by atoms with Gasteiger partial charge in [-0.2, -0.15) is 0 Å². The fraction of sp³-hybridized carbons (Fsp3) is 0.600. The summed E-state index contributed by atoms with van der Waals surface area (Å²) >= 11 is 0. The van der Waals surface area contributed by atoms with Crippen LogP contribution in [0.2, 0.25) is 0 Å². The normalized spacial score (nSPS) is 17.0. The van der Waals surface area contributed by atoms with Crippen LogP contribution in [-0.2, 0) is 0 Å². The number of aromatic hydroxyl groups is 1. The number of hydrogen-bond acceptors (Lipinski definition) is 4. The fourth-order valence-corrected chi connectivity index (χ4v) is 2.71. The van der Waals surface area contributed by atoms with Crippen molar-refractivity contribution in [3.63, 3.8) is 0 Å². The van der Waals surface area contributed by atoms with E-state index in [2.05, 4.69) is 10.2 Å². The SMILES string of the molecule is CCOc1cccc([C@@H](CCF)N2CCNCC2)c1O.Cl. The van der Waals surface area contributed by atoms with Crippen molar-refractivity contribution in [1.82, 2.24) is 10.2 Å². The maximum absolute atomic E-state index is 12.9. The van der Waals surface area contributed by atoms with E-state index in [0.29, 0.717) is 18.8 Å². The number of ether oxygens (including phenoxy) is 1. The highest BCUT2D eigenvalue weighted by atomic mass is 35.5. The van der Waals surface area contributed by atoms with E-state index in [1.165, 1.54) is 0 Å². The van der Waals surface area contributed by atoms with Gasteiger partial charge in [-0.15, -0.1) is 12.4 Å². The van der Waals surface area contributed by atoms with Gasteiger partial charge in [0.15, 0.2) is 11.5 Å². The number of benzene rings is 1. The highest BCUT2D eigenvalue weighted by Gasteiger charge is 2.25. The molecule has 4 nitrogen and oxygen atoms in total. The number of hydrogen-bond donors (Lipinski definition) is 2. The minimum absolute atomic E-state index is 0. The molecule has 0 unspecified atom stereocenters. The van der Waals surface area contributed by atoms with Crippen molar-refractivity contribution in [2.45, 2.75) is 19.4 Å². The van der Waals surface area contributed by atoms with Crippen LogP contribution < -0.4 is 10.1 Å². The predicted molar refractivity (Wildman–Crippen MR) is 84.3 cm³/mol. The number of nitrogens with zero attached hydrogens (tertiary/aromatic N) is 1. The van der Waals surface area contributed by atoms with Crippen LogP contribution >= 0.6 is 12.4 Å². The van der Waals surface area contributed by atoms with Gasteiger partial charge in [0.25, 0.3) is 0 Å². The fourth-order valence-electron chi connectivity index (χ4n) is 2.71. The molecule has 1 heterocycles. The Morgan fingerprint density at radius 2 is 2.10 bits per heavy atom. The summed E-state index contributed by atoms with van der Waals surface area (Å²) in [7, 11) is 0. The van der Waals surface area contributed by atoms with Crippen molar-refractivity contribution in [2.24, 2.45) is 0 Å². The Bertz CT molecular complexity index is 428. The number of piperazine rings is 1. The minimum atomic E-state index is -0.396. The van der Waals surface area contributed by atoms with Gasteiger partial charge in [0, 0.05) is 37.8 Å². The van der Waals surface area contributed by atoms with Crippen LogP contribution in [0.3, 0.4) is 0 Å². The highest BCUT2D eigenvalue weighted by molar-refractivity contribution is 5.85. The molecule has 0 aliphatic carbocycles. The average Bonchev–Trinajstić information content (AvgIpc) is 2.49. The van der Waals surface area contributed by atoms with E-state index in [1.54, 1.807) is 6.07 Å². The van der Waals surface area contributed by atoms with E-state index in [1.807, 2.05) is 19.1 Å². The lowest BCUT2D eigenvalue weighted by atomic mass is 10.00. The van der Waals surface area contributed by atoms with Crippen LogP contribution in [0.5, 0.6) is 11.5 Å². The molecule has 2 N–H and O–H groups in total. The average molecular weight is 319 g/mol. The van der Waals surface area contributed by atoms with E-state index in [9.17, 15) is 9.50 Å². The van der Waals surface area contributed by atoms with E-state index < -0.39 is 6.67 Å². The number of nitrogens with one attached hydrogen (secondary N) is 1. The highest BCUT2D eigenvalue weighted by Crippen LogP contribution is 2.37. The number of phenolic OH excluding ortho intramolecular Hbond substituents is 1. The number of para-hydroxylation sites is 1. The Balaban J connectivity index is 0.00000220. The van der Waals surface area contributed by atoms with Crippen molar-refractivity contribution >= 4 is 12.4 Å². The van der Waals surface area contributed by atoms with Crippen LogP contribution in [0, 0.1) is 0 Å². The van der Waals surface area contributed by atoms with Gasteiger partial charge in [0.1, 0.15) is 0 Å². The van der Waals surface area contributed by atoms with Crippen LogP contribution in [0.1, 0.15) is 24.9 Å². The zero-order valence-corrected chi connectivity index (χ0v) is 13.2. The summed E-state index contributed by atoms with van der Waals surface area (Å²) in [5.41, 5.74) is 0.760. The first kappa shape index (κ1) is 18.0. The summed E-state index contributed by atoms with van der Waals surface area (Å²) in [6.07, 6.45) is 0.392. The third kappa shape index (κ3) is 4.46. The monoisotopic (exact) mass is 318 g/mol. The van der Waals surface area contributed by atoms with Gasteiger partial charge in [-0.05, 0) is 19.4 Å². The molecule has 0 spiro atoms. The van der Waals surface area contributed by atoms with Crippen molar-refractivity contribution in [1.29, 1.82) is 0 Å². The van der Waals surface area contributed by atoms with Gasteiger partial charge in [-0.1, -0.05) is 12.1 Å². The maximum Gasteiger partial charge on any atom is 0.162 e. The minimum Gasteiger partial charge on any atom is -0.504 e. The second-order valence-electron chi connectivity index (χ2n) is 4.91. The summed E-state index contributed by atoms with van der Waals surface area (Å²) in [6, 6.07) is 5.36. The van der Waals surface area contributed by atoms with Crippen LogP contribution in [0.15, 0.2) is 18.2 Å². The molecule has 1 aliphatic rings. The first-order valence-corrected chi connectivity index (χ1v) is 7.23. The molecular weight excluding hydrogens is 295 g/mol. The molecule has 0 radical (unpaired) electrons. The molecule has 1 fully saturated rings. The molecule has 21 heavy (non-hydrogen) atoms. The van der Waals surface area contributed by atoms with Crippen LogP contribution in [0.4, 0.5) is 4.39 Å². The second kappa shape index (κ2) is 9.07. The Hall–Kier alpha value is -1.04. The Morgan fingerprint density at radius 3 is 2.71 bits per heavy atom. The molecule has 1 atom stereocenters. The van der Waals surface area contributed by atoms with Gasteiger partial charge in [0.05, 0.1) is 13.3 Å². The van der Waals surface area contributed by atoms with Gasteiger partial charge < -0.3 is 15.2 Å². The Labute approximate surface area is 131 Å². The van der Waals surface area contributed by atoms with E-state index in [0.717, 1.165) is 31.7 Å². The summed E-state index contributed by atoms with van der Waals surface area (Å²) < 4.78 is 18.3. The molecule has 1 aliphatic heterocycles. The summed E-state index contributed by atoms with van der Waals surface area (Å²) in [6.45, 7) is 5.50. The van der Waals surface area contributed by atoms with E-state index in [4.69, 9.17) is 4.74 Å². The smallest absolute Gasteiger partial charge is 0.162 e. The van der Waals surface area contributed by atoms with E-state index >= 15 is 0 Å². The molecule has 1 aromatic rings. The number of phenols is 1. The van der Waals surface area contributed by atoms with Gasteiger partial charge >= 0.3 is 0 Å².